The normalized spacial score (nSPS) is 13.9. The molecule has 4 N–H and O–H groups in total. The molecule has 0 aromatic heterocycles. The Morgan fingerprint density at radius 1 is 1.19 bits per heavy atom. The maximum atomic E-state index is 13.1. The Labute approximate surface area is 157 Å². The van der Waals surface area contributed by atoms with Gasteiger partial charge < -0.3 is 20.8 Å². The number of carboxylic acid groups (broad SMARTS) is 2. The van der Waals surface area contributed by atoms with E-state index < -0.39 is 53.5 Å². The molecule has 8 nitrogen and oxygen atoms in total. The first-order valence-corrected chi connectivity index (χ1v) is 8.21. The van der Waals surface area contributed by atoms with Gasteiger partial charge in [0.15, 0.2) is 1.41 Å². The van der Waals surface area contributed by atoms with Crippen LogP contribution in [0.5, 0.6) is 0 Å². The second-order valence-corrected chi connectivity index (χ2v) is 6.57. The zero-order valence-corrected chi connectivity index (χ0v) is 15.2. The van der Waals surface area contributed by atoms with Crippen LogP contribution in [0.15, 0.2) is 24.3 Å². The first kappa shape index (κ1) is 20.3. The average Bonchev–Trinajstić information content (AvgIpc) is 2.62. The van der Waals surface area contributed by atoms with E-state index in [0.717, 1.165) is 0 Å². The van der Waals surface area contributed by atoms with Crippen molar-refractivity contribution in [3.63, 3.8) is 0 Å². The molecule has 27 heavy (non-hydrogen) atoms. The van der Waals surface area contributed by atoms with E-state index in [-0.39, 0.29) is 6.42 Å². The van der Waals surface area contributed by atoms with Gasteiger partial charge in [-0.05, 0) is 44.9 Å². The van der Waals surface area contributed by atoms with Crippen molar-refractivity contribution in [2.75, 3.05) is 0 Å². The number of amides is 2. The van der Waals surface area contributed by atoms with Crippen LogP contribution in [-0.2, 0) is 24.6 Å². The predicted molar refractivity (Wildman–Crippen MR) is 93.5 cm³/mol. The van der Waals surface area contributed by atoms with Crippen molar-refractivity contribution < 1.29 is 35.2 Å². The van der Waals surface area contributed by atoms with E-state index in [9.17, 15) is 23.6 Å². The van der Waals surface area contributed by atoms with E-state index in [1.165, 1.54) is 45.0 Å². The van der Waals surface area contributed by atoms with Crippen LogP contribution in [-0.4, -0.2) is 46.0 Å². The van der Waals surface area contributed by atoms with Crippen LogP contribution in [0.1, 0.15) is 39.2 Å². The summed E-state index contributed by atoms with van der Waals surface area (Å²) < 4.78 is 21.1. The molecule has 0 aliphatic rings. The van der Waals surface area contributed by atoms with Gasteiger partial charge in [0.2, 0.25) is 11.8 Å². The molecule has 1 rings (SSSR count). The van der Waals surface area contributed by atoms with Gasteiger partial charge in [0, 0.05) is 6.42 Å². The lowest BCUT2D eigenvalue weighted by Gasteiger charge is -2.26. The summed E-state index contributed by atoms with van der Waals surface area (Å²) in [5.74, 6) is -4.78. The molecule has 0 saturated heterocycles. The number of benzene rings is 1. The fourth-order valence-electron chi connectivity index (χ4n) is 2.20. The van der Waals surface area contributed by atoms with Crippen molar-refractivity contribution in [1.82, 2.24) is 10.6 Å². The molecule has 0 aliphatic carbocycles. The third-order valence-corrected chi connectivity index (χ3v) is 4.05. The highest BCUT2D eigenvalue weighted by Gasteiger charge is 2.32. The van der Waals surface area contributed by atoms with Crippen molar-refractivity contribution in [1.29, 1.82) is 0 Å². The molecule has 0 radical (unpaired) electrons. The number of hydrogen-bond acceptors (Lipinski definition) is 4. The summed E-state index contributed by atoms with van der Waals surface area (Å²) in [5, 5.41) is 20.3. The van der Waals surface area contributed by atoms with E-state index in [1.807, 2.05) is 0 Å². The van der Waals surface area contributed by atoms with Crippen LogP contribution < -0.4 is 10.6 Å². The molecule has 0 spiro atoms. The minimum atomic E-state index is -1.46. The van der Waals surface area contributed by atoms with Gasteiger partial charge in [-0.2, -0.15) is 0 Å². The first-order valence-electron chi connectivity index (χ1n) is 8.66. The van der Waals surface area contributed by atoms with Gasteiger partial charge in [0.25, 0.3) is 0 Å². The van der Waals surface area contributed by atoms with Gasteiger partial charge >= 0.3 is 11.9 Å². The van der Waals surface area contributed by atoms with Crippen LogP contribution in [0.4, 0.5) is 4.39 Å². The molecule has 148 valence electrons. The van der Waals surface area contributed by atoms with E-state index in [0.29, 0.717) is 10.9 Å². The molecule has 0 heterocycles. The molecule has 9 heteroatoms. The first-order chi connectivity index (χ1) is 12.9. The number of carboxylic acids is 2. The van der Waals surface area contributed by atoms with Crippen molar-refractivity contribution in [3.05, 3.63) is 35.6 Å². The summed E-state index contributed by atoms with van der Waals surface area (Å²) >= 11 is 0. The molecular weight excluding hydrogens is 359 g/mol. The van der Waals surface area contributed by atoms with E-state index in [4.69, 9.17) is 11.6 Å². The maximum Gasteiger partial charge on any atom is 0.326 e. The summed E-state index contributed by atoms with van der Waals surface area (Å²) in [7, 11) is 0. The summed E-state index contributed by atoms with van der Waals surface area (Å²) in [4.78, 5) is 46.8. The molecule has 0 bridgehead atoms. The average molecular weight is 383 g/mol. The number of carbonyl (C=O) groups is 4. The highest BCUT2D eigenvalue weighted by molar-refractivity contribution is 5.93. The zero-order chi connectivity index (χ0) is 21.6. The summed E-state index contributed by atoms with van der Waals surface area (Å²) in [6, 6.07) is 2.36. The van der Waals surface area contributed by atoms with E-state index in [2.05, 4.69) is 5.32 Å². The largest absolute Gasteiger partial charge is 0.481 e. The third kappa shape index (κ3) is 6.36. The Balaban J connectivity index is 2.88. The number of rotatable bonds is 9. The fraction of sp³-hybridized carbons (Fsp3) is 0.444. The molecule has 2 atom stereocenters. The summed E-state index contributed by atoms with van der Waals surface area (Å²) in [6.45, 7) is 4.28. The third-order valence-electron chi connectivity index (χ3n) is 4.05. The van der Waals surface area contributed by atoms with Crippen LogP contribution in [0.2, 0.25) is 1.41 Å². The van der Waals surface area contributed by atoms with E-state index >= 15 is 0 Å². The topological polar surface area (TPSA) is 133 Å². The number of hydrogen-bond donors (Lipinski definition) is 4. The Morgan fingerprint density at radius 3 is 2.22 bits per heavy atom. The molecule has 0 fully saturated rings. The Morgan fingerprint density at radius 2 is 1.74 bits per heavy atom. The Bertz CT molecular complexity index is 753. The van der Waals surface area contributed by atoms with Gasteiger partial charge in [-0.3, -0.25) is 14.4 Å². The van der Waals surface area contributed by atoms with Gasteiger partial charge in [0.05, 0.1) is 5.41 Å². The minimum absolute atomic E-state index is 0.337. The molecule has 1 aromatic rings. The van der Waals surface area contributed by atoms with Gasteiger partial charge in [0.1, 0.15) is 17.9 Å². The minimum Gasteiger partial charge on any atom is -0.481 e. The zero-order valence-electron chi connectivity index (χ0n) is 16.2. The van der Waals surface area contributed by atoms with Crippen molar-refractivity contribution >= 4 is 23.8 Å². The highest BCUT2D eigenvalue weighted by atomic mass is 19.1. The monoisotopic (exact) mass is 383 g/mol. The standard InChI is InChI=1S/C18H23FN2O6/c1-10(15(24)21-13(16(25)26)8-9-14(22)23)20-17(27)18(2,3)11-4-6-12(19)7-5-11/h4-7,10,13H,8-9H2,1-3H3,(H,20,27)(H,21,24)(H,22,23)(H,25,26)/t10-,13-/m0/s1/i/hD. The van der Waals surface area contributed by atoms with Crippen molar-refractivity contribution in [2.45, 2.75) is 51.1 Å². The predicted octanol–water partition coefficient (Wildman–Crippen LogP) is 1.04. The second kappa shape index (κ2) is 9.11. The lowest BCUT2D eigenvalue weighted by Crippen LogP contribution is -2.53. The van der Waals surface area contributed by atoms with Gasteiger partial charge in [-0.25, -0.2) is 9.18 Å². The lowest BCUT2D eigenvalue weighted by atomic mass is 9.83. The molecule has 0 aliphatic heterocycles. The summed E-state index contributed by atoms with van der Waals surface area (Å²) in [6.07, 6.45) is -0.803. The maximum absolute atomic E-state index is 13.1. The second-order valence-electron chi connectivity index (χ2n) is 6.57. The molecule has 0 saturated carbocycles. The van der Waals surface area contributed by atoms with Crippen LogP contribution >= 0.6 is 0 Å². The van der Waals surface area contributed by atoms with Gasteiger partial charge in [-0.1, -0.05) is 12.1 Å². The molecule has 0 unspecified atom stereocenters. The lowest BCUT2D eigenvalue weighted by molar-refractivity contribution is -0.143. The fourth-order valence-corrected chi connectivity index (χ4v) is 2.20. The highest BCUT2D eigenvalue weighted by Crippen LogP contribution is 2.23. The van der Waals surface area contributed by atoms with Crippen LogP contribution in [0.25, 0.3) is 0 Å². The SMILES string of the molecule is [2H]N(C(=O)C(C)(C)c1ccc(F)cc1)[C@@H](C)C(=O)N[C@@H](CCC(=O)O)C(=O)O. The molecular formula is C18H23FN2O6. The Hall–Kier alpha value is -2.97. The molecule has 1 aromatic carbocycles. The number of aliphatic carboxylic acids is 2. The van der Waals surface area contributed by atoms with Crippen LogP contribution in [0, 0.1) is 5.82 Å². The number of carbonyl (C=O) groups excluding carboxylic acids is 2. The smallest absolute Gasteiger partial charge is 0.326 e. The van der Waals surface area contributed by atoms with Crippen molar-refractivity contribution in [2.24, 2.45) is 0 Å². The van der Waals surface area contributed by atoms with E-state index in [1.54, 1.807) is 0 Å². The number of nitrogens with one attached hydrogen (secondary N) is 2. The number of halogens is 1. The van der Waals surface area contributed by atoms with Crippen LogP contribution in [0.3, 0.4) is 0 Å². The summed E-state index contributed by atoms with van der Waals surface area (Å²) in [5.41, 5.74) is -0.798. The van der Waals surface area contributed by atoms with Gasteiger partial charge in [-0.15, -0.1) is 0 Å². The Kier molecular flexibility index (Phi) is 6.86. The quantitative estimate of drug-likeness (QED) is 0.504. The molecule has 2 amide bonds. The van der Waals surface area contributed by atoms with Crippen molar-refractivity contribution in [3.8, 4) is 0 Å².